The molecule has 1 fully saturated rings. The molecule has 158 valence electrons. The predicted molar refractivity (Wildman–Crippen MR) is 123 cm³/mol. The van der Waals surface area contributed by atoms with Crippen LogP contribution in [0.3, 0.4) is 0 Å². The van der Waals surface area contributed by atoms with Crippen molar-refractivity contribution in [2.45, 2.75) is 53.9 Å². The summed E-state index contributed by atoms with van der Waals surface area (Å²) in [6.45, 7) is 14.3. The molecule has 3 heterocycles. The van der Waals surface area contributed by atoms with Gasteiger partial charge in [0.25, 0.3) is 0 Å². The zero-order valence-electron chi connectivity index (χ0n) is 19.1. The summed E-state index contributed by atoms with van der Waals surface area (Å²) in [7, 11) is 0. The molecule has 0 spiro atoms. The van der Waals surface area contributed by atoms with E-state index in [-0.39, 0.29) is 0 Å². The molecular formula is C26H35N4+. The number of fused-ring (bicyclic) bond motifs is 3. The molecule has 1 aromatic carbocycles. The van der Waals surface area contributed by atoms with Gasteiger partial charge in [-0.1, -0.05) is 24.6 Å². The van der Waals surface area contributed by atoms with Gasteiger partial charge < -0.3 is 10.6 Å². The van der Waals surface area contributed by atoms with Crippen molar-refractivity contribution in [3.8, 4) is 0 Å². The van der Waals surface area contributed by atoms with E-state index in [2.05, 4.69) is 80.9 Å². The summed E-state index contributed by atoms with van der Waals surface area (Å²) >= 11 is 0. The fourth-order valence-corrected chi connectivity index (χ4v) is 5.67. The van der Waals surface area contributed by atoms with Crippen molar-refractivity contribution in [1.29, 1.82) is 0 Å². The average molecular weight is 404 g/mol. The molecule has 1 aromatic rings. The van der Waals surface area contributed by atoms with Crippen LogP contribution >= 0.6 is 0 Å². The van der Waals surface area contributed by atoms with E-state index in [0.29, 0.717) is 0 Å². The third kappa shape index (κ3) is 2.89. The number of benzene rings is 1. The molecule has 4 heteroatoms. The molecule has 1 atom stereocenters. The molecule has 30 heavy (non-hydrogen) atoms. The highest BCUT2D eigenvalue weighted by Gasteiger charge is 2.56. The summed E-state index contributed by atoms with van der Waals surface area (Å²) in [6, 6.07) is 4.66. The number of allylic oxidation sites excluding steroid dienone is 3. The van der Waals surface area contributed by atoms with E-state index in [0.717, 1.165) is 30.1 Å². The summed E-state index contributed by atoms with van der Waals surface area (Å²) in [5.74, 6) is 0.847. The first kappa shape index (κ1) is 19.7. The van der Waals surface area contributed by atoms with Crippen LogP contribution in [-0.2, 0) is 0 Å². The van der Waals surface area contributed by atoms with Crippen molar-refractivity contribution in [2.24, 2.45) is 5.92 Å². The highest BCUT2D eigenvalue weighted by atomic mass is 15.8. The van der Waals surface area contributed by atoms with E-state index in [1.165, 1.54) is 69.9 Å². The van der Waals surface area contributed by atoms with Crippen LogP contribution in [0.25, 0.3) is 5.57 Å². The van der Waals surface area contributed by atoms with Crippen LogP contribution in [0.4, 0.5) is 0 Å². The van der Waals surface area contributed by atoms with E-state index >= 15 is 0 Å². The molecule has 3 aliphatic heterocycles. The van der Waals surface area contributed by atoms with Crippen molar-refractivity contribution < 1.29 is 4.59 Å². The topological polar surface area (TPSA) is 27.3 Å². The Morgan fingerprint density at radius 1 is 1.07 bits per heavy atom. The number of nitrogens with one attached hydrogen (secondary N) is 2. The quantitative estimate of drug-likeness (QED) is 0.656. The molecule has 0 amide bonds. The SMILES string of the molecule is CCCN(CC1CC1)[N+]12C=C(C)C=C1C(c1c(C)cc(C)cc1C)=C1NCNC=C12. The summed E-state index contributed by atoms with van der Waals surface area (Å²) in [6.07, 6.45) is 11.1. The number of rotatable bonds is 6. The van der Waals surface area contributed by atoms with E-state index in [1.807, 2.05) is 0 Å². The second-order valence-corrected chi connectivity index (χ2v) is 9.56. The molecule has 4 nitrogen and oxygen atoms in total. The number of quaternary nitrogens is 1. The number of hydrogen-bond donors (Lipinski definition) is 2. The Labute approximate surface area is 181 Å². The fourth-order valence-electron chi connectivity index (χ4n) is 5.67. The molecule has 1 unspecified atom stereocenters. The molecule has 1 aliphatic carbocycles. The number of nitrogens with zero attached hydrogens (tertiary/aromatic N) is 2. The normalized spacial score (nSPS) is 24.8. The molecule has 4 aliphatic rings. The van der Waals surface area contributed by atoms with Crippen molar-refractivity contribution in [3.05, 3.63) is 75.5 Å². The van der Waals surface area contributed by atoms with Gasteiger partial charge in [-0.25, -0.2) is 0 Å². The summed E-state index contributed by atoms with van der Waals surface area (Å²) in [4.78, 5) is 0. The molecule has 0 saturated heterocycles. The highest BCUT2D eigenvalue weighted by molar-refractivity contribution is 5.88. The Bertz CT molecular complexity index is 998. The third-order valence-corrected chi connectivity index (χ3v) is 6.88. The first-order chi connectivity index (χ1) is 14.5. The summed E-state index contributed by atoms with van der Waals surface area (Å²) in [5.41, 5.74) is 12.3. The number of aryl methyl sites for hydroxylation is 3. The van der Waals surface area contributed by atoms with Crippen molar-refractivity contribution in [2.75, 3.05) is 19.8 Å². The van der Waals surface area contributed by atoms with Gasteiger partial charge in [0.15, 0.2) is 5.70 Å². The van der Waals surface area contributed by atoms with Gasteiger partial charge >= 0.3 is 0 Å². The van der Waals surface area contributed by atoms with Crippen molar-refractivity contribution in [3.63, 3.8) is 0 Å². The highest BCUT2D eigenvalue weighted by Crippen LogP contribution is 2.54. The maximum Gasteiger partial charge on any atom is 0.202 e. The zero-order valence-corrected chi connectivity index (χ0v) is 19.1. The van der Waals surface area contributed by atoms with Crippen LogP contribution in [0.1, 0.15) is 55.4 Å². The molecule has 0 radical (unpaired) electrons. The van der Waals surface area contributed by atoms with Gasteiger partial charge in [-0.05, 0) is 69.6 Å². The lowest BCUT2D eigenvalue weighted by Gasteiger charge is -2.41. The van der Waals surface area contributed by atoms with Gasteiger partial charge in [0, 0.05) is 18.2 Å². The predicted octanol–water partition coefficient (Wildman–Crippen LogP) is 4.98. The van der Waals surface area contributed by atoms with Crippen LogP contribution in [0, 0.1) is 26.7 Å². The molecule has 0 aromatic heterocycles. The van der Waals surface area contributed by atoms with Gasteiger partial charge in [-0.2, -0.15) is 0 Å². The van der Waals surface area contributed by atoms with Crippen molar-refractivity contribution in [1.82, 2.24) is 15.6 Å². The monoisotopic (exact) mass is 403 g/mol. The first-order valence-corrected chi connectivity index (χ1v) is 11.5. The second kappa shape index (κ2) is 7.14. The smallest absolute Gasteiger partial charge is 0.202 e. The van der Waals surface area contributed by atoms with E-state index in [9.17, 15) is 0 Å². The van der Waals surface area contributed by atoms with Crippen LogP contribution in [0.2, 0.25) is 0 Å². The summed E-state index contributed by atoms with van der Waals surface area (Å²) < 4.78 is 0.744. The van der Waals surface area contributed by atoms with Crippen molar-refractivity contribution >= 4 is 5.57 Å². The van der Waals surface area contributed by atoms with E-state index < -0.39 is 0 Å². The van der Waals surface area contributed by atoms with Gasteiger partial charge in [-0.15, -0.1) is 9.60 Å². The molecule has 0 bridgehead atoms. The lowest BCUT2D eigenvalue weighted by molar-refractivity contribution is -0.917. The first-order valence-electron chi connectivity index (χ1n) is 11.5. The maximum atomic E-state index is 3.72. The second-order valence-electron chi connectivity index (χ2n) is 9.56. The molecular weight excluding hydrogens is 368 g/mol. The Morgan fingerprint density at radius 2 is 1.80 bits per heavy atom. The van der Waals surface area contributed by atoms with Crippen LogP contribution in [0.5, 0.6) is 0 Å². The van der Waals surface area contributed by atoms with Gasteiger partial charge in [0.05, 0.1) is 25.0 Å². The Morgan fingerprint density at radius 3 is 2.47 bits per heavy atom. The lowest BCUT2D eigenvalue weighted by Crippen LogP contribution is -2.55. The van der Waals surface area contributed by atoms with Gasteiger partial charge in [0.2, 0.25) is 5.70 Å². The lowest BCUT2D eigenvalue weighted by atomic mass is 9.91. The maximum absolute atomic E-state index is 3.72. The largest absolute Gasteiger partial charge is 0.369 e. The molecule has 5 rings (SSSR count). The third-order valence-electron chi connectivity index (χ3n) is 6.88. The Hall–Kier alpha value is -2.30. The minimum atomic E-state index is 0.744. The minimum Gasteiger partial charge on any atom is -0.369 e. The zero-order chi connectivity index (χ0) is 21.0. The number of hydrogen-bond acceptors (Lipinski definition) is 3. The van der Waals surface area contributed by atoms with E-state index in [1.54, 1.807) is 0 Å². The average Bonchev–Trinajstić information content (AvgIpc) is 3.39. The van der Waals surface area contributed by atoms with Crippen LogP contribution in [-0.4, -0.2) is 29.4 Å². The van der Waals surface area contributed by atoms with Crippen LogP contribution in [0.15, 0.2) is 53.3 Å². The Balaban J connectivity index is 1.73. The molecule has 1 saturated carbocycles. The Kier molecular flexibility index (Phi) is 4.68. The summed E-state index contributed by atoms with van der Waals surface area (Å²) in [5, 5.41) is 9.91. The molecule has 2 N–H and O–H groups in total. The van der Waals surface area contributed by atoms with Gasteiger partial charge in [0.1, 0.15) is 11.9 Å². The fraction of sp³-hybridized carbons (Fsp3) is 0.462. The van der Waals surface area contributed by atoms with E-state index in [4.69, 9.17) is 0 Å². The van der Waals surface area contributed by atoms with Gasteiger partial charge in [-0.3, -0.25) is 0 Å². The minimum absolute atomic E-state index is 0.744. The standard InChI is InChI=1S/C26H35N4/c1-6-9-29(14-21-7-8-21)30-15-18(3)12-22(30)25(26-23(30)13-27-16-28-26)24-19(4)10-17(2)11-20(24)5/h10-13,15,21,27-28H,6-9,14,16H2,1-5H3/q+1. The van der Waals surface area contributed by atoms with Crippen LogP contribution < -0.4 is 10.6 Å².